The van der Waals surface area contributed by atoms with Crippen LogP contribution in [0.4, 0.5) is 10.1 Å². The topological polar surface area (TPSA) is 85.2 Å². The number of hydrogen-bond acceptors (Lipinski definition) is 4. The lowest BCUT2D eigenvalue weighted by molar-refractivity contribution is -0.122. The van der Waals surface area contributed by atoms with Crippen molar-refractivity contribution < 1.29 is 9.18 Å². The van der Waals surface area contributed by atoms with Crippen molar-refractivity contribution in [1.82, 2.24) is 4.98 Å². The number of aromatic nitrogens is 1. The Morgan fingerprint density at radius 1 is 1.29 bits per heavy atom. The third-order valence-corrected chi connectivity index (χ3v) is 4.61. The molecule has 0 atom stereocenters. The second kappa shape index (κ2) is 6.97. The Hall–Kier alpha value is -2.47. The van der Waals surface area contributed by atoms with Gasteiger partial charge in [-0.05, 0) is 36.6 Å². The Morgan fingerprint density at radius 2 is 2.04 bits per heavy atom. The molecule has 1 aromatic heterocycles. The van der Waals surface area contributed by atoms with Gasteiger partial charge in [0.25, 0.3) is 0 Å². The fraction of sp³-hybridized carbons (Fsp3) is 0.333. The molecule has 3 rings (SSSR count). The summed E-state index contributed by atoms with van der Waals surface area (Å²) in [5.74, 6) is -0.578. The molecule has 126 valence electrons. The Kier molecular flexibility index (Phi) is 4.76. The van der Waals surface area contributed by atoms with Gasteiger partial charge in [0.05, 0.1) is 0 Å². The van der Waals surface area contributed by atoms with Crippen LogP contribution in [0.15, 0.2) is 36.7 Å². The van der Waals surface area contributed by atoms with E-state index >= 15 is 0 Å². The van der Waals surface area contributed by atoms with Crippen LogP contribution in [-0.2, 0) is 11.3 Å². The molecule has 1 fully saturated rings. The molecule has 4 N–H and O–H groups in total. The van der Waals surface area contributed by atoms with Crippen molar-refractivity contribution in [3.8, 4) is 11.1 Å². The van der Waals surface area contributed by atoms with E-state index in [2.05, 4.69) is 9.88 Å². The maximum atomic E-state index is 13.7. The molecule has 0 unspecified atom stereocenters. The summed E-state index contributed by atoms with van der Waals surface area (Å²) in [6.45, 7) is 1.67. The molecule has 0 radical (unpaired) electrons. The highest BCUT2D eigenvalue weighted by atomic mass is 19.1. The molecule has 0 saturated carbocycles. The molecule has 1 aromatic carbocycles. The van der Waals surface area contributed by atoms with Crippen LogP contribution in [0.5, 0.6) is 0 Å². The Labute approximate surface area is 140 Å². The smallest absolute Gasteiger partial charge is 0.220 e. The summed E-state index contributed by atoms with van der Waals surface area (Å²) < 4.78 is 13.7. The maximum absolute atomic E-state index is 13.7. The second-order valence-electron chi connectivity index (χ2n) is 6.07. The molecular formula is C18H21FN4O. The number of amides is 1. The van der Waals surface area contributed by atoms with Crippen LogP contribution < -0.4 is 16.4 Å². The number of carbonyl (C=O) groups excluding carboxylic acids is 1. The average Bonchev–Trinajstić information content (AvgIpc) is 2.62. The van der Waals surface area contributed by atoms with E-state index in [9.17, 15) is 9.18 Å². The van der Waals surface area contributed by atoms with Gasteiger partial charge in [-0.2, -0.15) is 0 Å². The lowest BCUT2D eigenvalue weighted by Crippen LogP contribution is -2.38. The first-order valence-electron chi connectivity index (χ1n) is 8.07. The molecule has 5 nitrogen and oxygen atoms in total. The fourth-order valence-corrected chi connectivity index (χ4v) is 3.19. The summed E-state index contributed by atoms with van der Waals surface area (Å²) in [6.07, 6.45) is 5.01. The normalized spacial score (nSPS) is 15.5. The van der Waals surface area contributed by atoms with E-state index in [0.29, 0.717) is 5.56 Å². The van der Waals surface area contributed by atoms with Crippen LogP contribution in [0.1, 0.15) is 18.4 Å². The highest BCUT2D eigenvalue weighted by Gasteiger charge is 2.24. The van der Waals surface area contributed by atoms with Gasteiger partial charge in [-0.1, -0.05) is 6.07 Å². The lowest BCUT2D eigenvalue weighted by atomic mass is 9.94. The average molecular weight is 328 g/mol. The number of benzene rings is 1. The Balaban J connectivity index is 1.90. The zero-order valence-electron chi connectivity index (χ0n) is 13.4. The van der Waals surface area contributed by atoms with Crippen LogP contribution in [0.25, 0.3) is 11.1 Å². The quantitative estimate of drug-likeness (QED) is 0.899. The summed E-state index contributed by atoms with van der Waals surface area (Å²) in [5, 5.41) is 0. The molecule has 2 heterocycles. The van der Waals surface area contributed by atoms with E-state index in [-0.39, 0.29) is 24.2 Å². The van der Waals surface area contributed by atoms with E-state index < -0.39 is 0 Å². The van der Waals surface area contributed by atoms with Crippen LogP contribution in [0.3, 0.4) is 0 Å². The van der Waals surface area contributed by atoms with Gasteiger partial charge in [-0.15, -0.1) is 0 Å². The zero-order chi connectivity index (χ0) is 17.1. The summed E-state index contributed by atoms with van der Waals surface area (Å²) in [7, 11) is 0. The van der Waals surface area contributed by atoms with E-state index in [1.165, 1.54) is 6.07 Å². The predicted octanol–water partition coefficient (Wildman–Crippen LogP) is 2.05. The molecule has 24 heavy (non-hydrogen) atoms. The van der Waals surface area contributed by atoms with Crippen molar-refractivity contribution in [2.45, 2.75) is 19.4 Å². The number of rotatable bonds is 4. The summed E-state index contributed by atoms with van der Waals surface area (Å²) in [4.78, 5) is 17.8. The van der Waals surface area contributed by atoms with Gasteiger partial charge in [0, 0.05) is 54.8 Å². The minimum atomic E-state index is -0.297. The van der Waals surface area contributed by atoms with Crippen molar-refractivity contribution in [3.63, 3.8) is 0 Å². The largest absolute Gasteiger partial charge is 0.371 e. The van der Waals surface area contributed by atoms with Crippen molar-refractivity contribution in [2.75, 3.05) is 18.0 Å². The Morgan fingerprint density at radius 3 is 2.71 bits per heavy atom. The molecular weight excluding hydrogens is 307 g/mol. The van der Waals surface area contributed by atoms with Crippen molar-refractivity contribution >= 4 is 11.6 Å². The van der Waals surface area contributed by atoms with Crippen LogP contribution >= 0.6 is 0 Å². The number of piperidine rings is 1. The van der Waals surface area contributed by atoms with Gasteiger partial charge in [0.2, 0.25) is 5.91 Å². The number of primary amides is 1. The number of pyridine rings is 1. The number of halogens is 1. The van der Waals surface area contributed by atoms with Crippen molar-refractivity contribution in [3.05, 3.63) is 48.0 Å². The van der Waals surface area contributed by atoms with Gasteiger partial charge in [-0.3, -0.25) is 9.78 Å². The predicted molar refractivity (Wildman–Crippen MR) is 91.7 cm³/mol. The standard InChI is InChI=1S/C18H21FN4O/c19-16-2-1-13(9-14(16)10-20)15-11-22-6-3-17(15)23-7-4-12(5-8-23)18(21)24/h1-3,6,9,11-12H,4-5,7-8,10,20H2,(H2,21,24). The number of hydrogen-bond donors (Lipinski definition) is 2. The highest BCUT2D eigenvalue weighted by Crippen LogP contribution is 2.33. The molecule has 1 amide bonds. The van der Waals surface area contributed by atoms with Gasteiger partial charge >= 0.3 is 0 Å². The van der Waals surface area contributed by atoms with Crippen LogP contribution in [-0.4, -0.2) is 24.0 Å². The number of anilines is 1. The summed E-state index contributed by atoms with van der Waals surface area (Å²) >= 11 is 0. The first-order chi connectivity index (χ1) is 11.6. The highest BCUT2D eigenvalue weighted by molar-refractivity contribution is 5.79. The zero-order valence-corrected chi connectivity index (χ0v) is 13.4. The molecule has 6 heteroatoms. The lowest BCUT2D eigenvalue weighted by Gasteiger charge is -2.33. The Bertz CT molecular complexity index is 742. The van der Waals surface area contributed by atoms with Gasteiger partial charge in [0.1, 0.15) is 5.82 Å². The molecule has 0 aliphatic carbocycles. The molecule has 0 bridgehead atoms. The first-order valence-corrected chi connectivity index (χ1v) is 8.07. The molecule has 1 aliphatic heterocycles. The van der Waals surface area contributed by atoms with Gasteiger partial charge in [0.15, 0.2) is 0 Å². The first kappa shape index (κ1) is 16.4. The van der Waals surface area contributed by atoms with E-state index in [0.717, 1.165) is 42.7 Å². The number of nitrogens with zero attached hydrogens (tertiary/aromatic N) is 2. The second-order valence-corrected chi connectivity index (χ2v) is 6.07. The maximum Gasteiger partial charge on any atom is 0.220 e. The van der Waals surface area contributed by atoms with Gasteiger partial charge in [-0.25, -0.2) is 4.39 Å². The molecule has 2 aromatic rings. The minimum absolute atomic E-state index is 0.0544. The third kappa shape index (κ3) is 3.23. The van der Waals surface area contributed by atoms with E-state index in [1.807, 2.05) is 6.07 Å². The third-order valence-electron chi connectivity index (χ3n) is 4.61. The monoisotopic (exact) mass is 328 g/mol. The van der Waals surface area contributed by atoms with E-state index in [4.69, 9.17) is 11.5 Å². The summed E-state index contributed by atoms with van der Waals surface area (Å²) in [5.41, 5.74) is 14.3. The SMILES string of the molecule is NCc1cc(-c2cnccc2N2CCC(C(N)=O)CC2)ccc1F. The minimum Gasteiger partial charge on any atom is -0.371 e. The number of carbonyl (C=O) groups is 1. The van der Waals surface area contributed by atoms with Crippen molar-refractivity contribution in [1.29, 1.82) is 0 Å². The van der Waals surface area contributed by atoms with Crippen molar-refractivity contribution in [2.24, 2.45) is 17.4 Å². The van der Waals surface area contributed by atoms with Crippen LogP contribution in [0, 0.1) is 11.7 Å². The summed E-state index contributed by atoms with van der Waals surface area (Å²) in [6, 6.07) is 6.90. The fourth-order valence-electron chi connectivity index (χ4n) is 3.19. The molecule has 0 spiro atoms. The van der Waals surface area contributed by atoms with Gasteiger partial charge < -0.3 is 16.4 Å². The van der Waals surface area contributed by atoms with E-state index in [1.54, 1.807) is 24.5 Å². The molecule has 1 aliphatic rings. The van der Waals surface area contributed by atoms with Crippen LogP contribution in [0.2, 0.25) is 0 Å². The number of nitrogens with two attached hydrogens (primary N) is 2. The molecule has 1 saturated heterocycles.